The minimum atomic E-state index is -4.41. The summed E-state index contributed by atoms with van der Waals surface area (Å²) in [6.07, 6.45) is -3.33. The third-order valence-corrected chi connectivity index (χ3v) is 5.85. The first kappa shape index (κ1) is 23.6. The Morgan fingerprint density at radius 3 is 2.22 bits per heavy atom. The normalized spacial score (nSPS) is 15.3. The quantitative estimate of drug-likeness (QED) is 0.674. The number of urea groups is 1. The Labute approximate surface area is 186 Å². The Bertz CT molecular complexity index is 937. The summed E-state index contributed by atoms with van der Waals surface area (Å²) in [7, 11) is 0. The van der Waals surface area contributed by atoms with Crippen molar-refractivity contribution in [1.82, 2.24) is 10.2 Å². The van der Waals surface area contributed by atoms with Gasteiger partial charge in [0.1, 0.15) is 0 Å². The summed E-state index contributed by atoms with van der Waals surface area (Å²) in [6, 6.07) is 14.2. The molecule has 1 heterocycles. The first-order chi connectivity index (χ1) is 15.1. The maximum Gasteiger partial charge on any atom is 0.416 e. The maximum absolute atomic E-state index is 13.0. The highest BCUT2D eigenvalue weighted by atomic mass is 19.4. The van der Waals surface area contributed by atoms with Gasteiger partial charge in [0.05, 0.1) is 5.56 Å². The zero-order valence-corrected chi connectivity index (χ0v) is 18.2. The van der Waals surface area contributed by atoms with Crippen LogP contribution in [0.5, 0.6) is 0 Å². The fourth-order valence-electron chi connectivity index (χ4n) is 3.74. The first-order valence-corrected chi connectivity index (χ1v) is 10.6. The van der Waals surface area contributed by atoms with E-state index in [2.05, 4.69) is 10.6 Å². The van der Waals surface area contributed by atoms with Gasteiger partial charge >= 0.3 is 12.2 Å². The molecule has 3 rings (SSSR count). The topological polar surface area (TPSA) is 61.4 Å². The second kappa shape index (κ2) is 9.63. The van der Waals surface area contributed by atoms with E-state index >= 15 is 0 Å². The number of rotatable bonds is 5. The number of alkyl halides is 3. The summed E-state index contributed by atoms with van der Waals surface area (Å²) >= 11 is 0. The van der Waals surface area contributed by atoms with Crippen LogP contribution in [0.15, 0.2) is 54.6 Å². The molecule has 3 amide bonds. The van der Waals surface area contributed by atoms with Crippen LogP contribution in [-0.2, 0) is 16.4 Å². The van der Waals surface area contributed by atoms with Crippen LogP contribution in [0.25, 0.3) is 0 Å². The number of likely N-dealkylation sites (tertiary alicyclic amines) is 1. The highest BCUT2D eigenvalue weighted by Crippen LogP contribution is 2.32. The fourth-order valence-corrected chi connectivity index (χ4v) is 3.74. The largest absolute Gasteiger partial charge is 0.416 e. The Kier molecular flexibility index (Phi) is 7.11. The van der Waals surface area contributed by atoms with Gasteiger partial charge in [-0.05, 0) is 36.6 Å². The summed E-state index contributed by atoms with van der Waals surface area (Å²) in [5.41, 5.74) is -0.127. The molecule has 0 spiro atoms. The molecule has 0 saturated carbocycles. The van der Waals surface area contributed by atoms with Gasteiger partial charge in [0.25, 0.3) is 0 Å². The summed E-state index contributed by atoms with van der Waals surface area (Å²) in [6.45, 7) is 4.77. The van der Waals surface area contributed by atoms with Crippen LogP contribution in [0.1, 0.15) is 37.8 Å². The number of carbonyl (C=O) groups is 2. The second-order valence-corrected chi connectivity index (χ2v) is 8.74. The van der Waals surface area contributed by atoms with Gasteiger partial charge in [-0.1, -0.05) is 50.2 Å². The van der Waals surface area contributed by atoms with Crippen molar-refractivity contribution in [3.05, 3.63) is 65.7 Å². The molecule has 172 valence electrons. The molecule has 2 aromatic carbocycles. The molecule has 0 unspecified atom stereocenters. The molecule has 0 radical (unpaired) electrons. The minimum Gasteiger partial charge on any atom is -0.355 e. The molecule has 0 aromatic heterocycles. The van der Waals surface area contributed by atoms with Gasteiger partial charge in [0.15, 0.2) is 0 Å². The van der Waals surface area contributed by atoms with Crippen molar-refractivity contribution >= 4 is 17.6 Å². The van der Waals surface area contributed by atoms with E-state index in [0.29, 0.717) is 37.2 Å². The van der Waals surface area contributed by atoms with Crippen molar-refractivity contribution in [2.24, 2.45) is 5.92 Å². The van der Waals surface area contributed by atoms with Crippen LogP contribution in [0.3, 0.4) is 0 Å². The number of benzene rings is 2. The van der Waals surface area contributed by atoms with Crippen molar-refractivity contribution in [3.63, 3.8) is 0 Å². The van der Waals surface area contributed by atoms with Crippen LogP contribution in [0, 0.1) is 5.92 Å². The van der Waals surface area contributed by atoms with Gasteiger partial charge < -0.3 is 15.5 Å². The molecule has 5 nitrogen and oxygen atoms in total. The Balaban J connectivity index is 1.50. The number of hydrogen-bond acceptors (Lipinski definition) is 2. The summed E-state index contributed by atoms with van der Waals surface area (Å²) in [5.74, 6) is -0.360. The molecular formula is C24H28F3N3O2. The fraction of sp³-hybridized carbons (Fsp3) is 0.417. The SMILES string of the molecule is CC(C)(CNC(=O)C1CCN(C(=O)Nc2ccccc2)CC1)c1cccc(C(F)(F)F)c1. The highest BCUT2D eigenvalue weighted by molar-refractivity contribution is 5.89. The van der Waals surface area contributed by atoms with E-state index < -0.39 is 17.2 Å². The summed E-state index contributed by atoms with van der Waals surface area (Å²) in [4.78, 5) is 26.7. The predicted molar refractivity (Wildman–Crippen MR) is 117 cm³/mol. The van der Waals surface area contributed by atoms with Crippen LogP contribution < -0.4 is 10.6 Å². The van der Waals surface area contributed by atoms with E-state index in [1.165, 1.54) is 6.07 Å². The number of carbonyl (C=O) groups excluding carboxylic acids is 2. The zero-order valence-electron chi connectivity index (χ0n) is 18.2. The number of hydrogen-bond donors (Lipinski definition) is 2. The van der Waals surface area contributed by atoms with Crippen molar-refractivity contribution < 1.29 is 22.8 Å². The monoisotopic (exact) mass is 447 g/mol. The Hall–Kier alpha value is -3.03. The lowest BCUT2D eigenvalue weighted by molar-refractivity contribution is -0.137. The molecule has 1 aliphatic heterocycles. The molecule has 32 heavy (non-hydrogen) atoms. The molecular weight excluding hydrogens is 419 g/mol. The zero-order chi connectivity index (χ0) is 23.4. The predicted octanol–water partition coefficient (Wildman–Crippen LogP) is 5.04. The number of amides is 3. The van der Waals surface area contributed by atoms with Gasteiger partial charge in [-0.2, -0.15) is 13.2 Å². The van der Waals surface area contributed by atoms with Crippen LogP contribution >= 0.6 is 0 Å². The van der Waals surface area contributed by atoms with E-state index in [-0.39, 0.29) is 24.4 Å². The van der Waals surface area contributed by atoms with Crippen LogP contribution in [0.2, 0.25) is 0 Å². The van der Waals surface area contributed by atoms with Gasteiger partial charge in [-0.25, -0.2) is 4.79 Å². The lowest BCUT2D eigenvalue weighted by Gasteiger charge is -2.32. The van der Waals surface area contributed by atoms with E-state index in [9.17, 15) is 22.8 Å². The first-order valence-electron chi connectivity index (χ1n) is 10.6. The van der Waals surface area contributed by atoms with Crippen LogP contribution in [0.4, 0.5) is 23.7 Å². The molecule has 1 fully saturated rings. The summed E-state index contributed by atoms with van der Waals surface area (Å²) in [5, 5.41) is 5.73. The average Bonchev–Trinajstić information content (AvgIpc) is 2.78. The van der Waals surface area contributed by atoms with Gasteiger partial charge in [0, 0.05) is 36.7 Å². The molecule has 0 bridgehead atoms. The van der Waals surface area contributed by atoms with Gasteiger partial charge in [0.2, 0.25) is 5.91 Å². The molecule has 8 heteroatoms. The number of nitrogens with zero attached hydrogens (tertiary/aromatic N) is 1. The van der Waals surface area contributed by atoms with Crippen molar-refractivity contribution in [1.29, 1.82) is 0 Å². The lowest BCUT2D eigenvalue weighted by atomic mass is 9.83. The molecule has 1 aliphatic rings. The summed E-state index contributed by atoms with van der Waals surface area (Å²) < 4.78 is 39.1. The molecule has 2 N–H and O–H groups in total. The van der Waals surface area contributed by atoms with E-state index in [4.69, 9.17) is 0 Å². The van der Waals surface area contributed by atoms with Crippen molar-refractivity contribution in [3.8, 4) is 0 Å². The van der Waals surface area contributed by atoms with E-state index in [0.717, 1.165) is 12.1 Å². The van der Waals surface area contributed by atoms with E-state index in [1.807, 2.05) is 30.3 Å². The third-order valence-electron chi connectivity index (χ3n) is 5.85. The standard InChI is InChI=1S/C24H28F3N3O2/c1-23(2,18-7-6-8-19(15-18)24(25,26)27)16-28-21(31)17-11-13-30(14-12-17)22(32)29-20-9-4-3-5-10-20/h3-10,15,17H,11-14,16H2,1-2H3,(H,28,31)(H,29,32). The maximum atomic E-state index is 13.0. The minimum absolute atomic E-state index is 0.131. The number of piperidine rings is 1. The second-order valence-electron chi connectivity index (χ2n) is 8.74. The third kappa shape index (κ3) is 6.02. The smallest absolute Gasteiger partial charge is 0.355 e. The van der Waals surface area contributed by atoms with Crippen molar-refractivity contribution in [2.45, 2.75) is 38.3 Å². The molecule has 0 atom stereocenters. The lowest BCUT2D eigenvalue weighted by Crippen LogP contribution is -2.46. The Morgan fingerprint density at radius 1 is 0.969 bits per heavy atom. The van der Waals surface area contributed by atoms with Crippen molar-refractivity contribution in [2.75, 3.05) is 25.0 Å². The molecule has 2 aromatic rings. The molecule has 0 aliphatic carbocycles. The number of halogens is 3. The van der Waals surface area contributed by atoms with E-state index in [1.54, 1.807) is 24.8 Å². The number of anilines is 1. The number of nitrogens with one attached hydrogen (secondary N) is 2. The Morgan fingerprint density at radius 2 is 1.59 bits per heavy atom. The van der Waals surface area contributed by atoms with Crippen LogP contribution in [-0.4, -0.2) is 36.5 Å². The number of para-hydroxylation sites is 1. The van der Waals surface area contributed by atoms with Gasteiger partial charge in [-0.15, -0.1) is 0 Å². The molecule has 1 saturated heterocycles. The highest BCUT2D eigenvalue weighted by Gasteiger charge is 2.33. The van der Waals surface area contributed by atoms with Gasteiger partial charge in [-0.3, -0.25) is 4.79 Å². The average molecular weight is 448 g/mol.